The average molecular weight is 476 g/mol. The minimum absolute atomic E-state index is 0.138. The standard InChI is InChI=1S/C27H29N3O5/c1-28(2)19-8-6-18(7-9-19)26-27(32)29(23-16-22(34-4)14-15-24(23)35-5)17-25(31)30(26)20-10-12-21(33-3)13-11-20/h6-16,26H,17H2,1-5H3/t26-/m1/s1. The molecule has 1 atom stereocenters. The largest absolute Gasteiger partial charge is 0.497 e. The molecule has 1 fully saturated rings. The van der Waals surface area contributed by atoms with Crippen molar-refractivity contribution in [2.75, 3.05) is 56.7 Å². The van der Waals surface area contributed by atoms with Crippen molar-refractivity contribution in [3.8, 4) is 17.2 Å². The number of benzene rings is 3. The average Bonchev–Trinajstić information content (AvgIpc) is 2.89. The lowest BCUT2D eigenvalue weighted by Crippen LogP contribution is -2.56. The monoisotopic (exact) mass is 475 g/mol. The van der Waals surface area contributed by atoms with Gasteiger partial charge in [-0.05, 0) is 54.1 Å². The van der Waals surface area contributed by atoms with Crippen molar-refractivity contribution < 1.29 is 23.8 Å². The molecule has 0 radical (unpaired) electrons. The summed E-state index contributed by atoms with van der Waals surface area (Å²) in [5.41, 5.74) is 2.79. The van der Waals surface area contributed by atoms with Gasteiger partial charge in [-0.3, -0.25) is 19.4 Å². The van der Waals surface area contributed by atoms with Gasteiger partial charge in [0.15, 0.2) is 0 Å². The molecule has 182 valence electrons. The second-order valence-corrected chi connectivity index (χ2v) is 8.31. The van der Waals surface area contributed by atoms with E-state index in [2.05, 4.69) is 0 Å². The number of hydrogen-bond acceptors (Lipinski definition) is 6. The molecular weight excluding hydrogens is 446 g/mol. The number of carbonyl (C=O) groups is 2. The van der Waals surface area contributed by atoms with Gasteiger partial charge in [0.05, 0.1) is 27.0 Å². The molecule has 0 aliphatic carbocycles. The molecule has 2 amide bonds. The van der Waals surface area contributed by atoms with E-state index in [-0.39, 0.29) is 18.4 Å². The summed E-state index contributed by atoms with van der Waals surface area (Å²) in [6.45, 7) is -0.138. The van der Waals surface area contributed by atoms with E-state index in [1.165, 1.54) is 12.0 Å². The van der Waals surface area contributed by atoms with Crippen LogP contribution in [0.2, 0.25) is 0 Å². The van der Waals surface area contributed by atoms with Gasteiger partial charge >= 0.3 is 0 Å². The lowest BCUT2D eigenvalue weighted by atomic mass is 9.98. The van der Waals surface area contributed by atoms with E-state index in [1.807, 2.05) is 43.3 Å². The summed E-state index contributed by atoms with van der Waals surface area (Å²) in [7, 11) is 8.56. The number of anilines is 3. The summed E-state index contributed by atoms with van der Waals surface area (Å²) in [5, 5.41) is 0. The molecular formula is C27H29N3O5. The van der Waals surface area contributed by atoms with Crippen LogP contribution in [0.3, 0.4) is 0 Å². The molecule has 0 N–H and O–H groups in total. The summed E-state index contributed by atoms with van der Waals surface area (Å²) in [6, 6.07) is 19.1. The predicted molar refractivity (Wildman–Crippen MR) is 136 cm³/mol. The second kappa shape index (κ2) is 9.97. The van der Waals surface area contributed by atoms with E-state index in [0.29, 0.717) is 34.2 Å². The van der Waals surface area contributed by atoms with Gasteiger partial charge in [-0.25, -0.2) is 0 Å². The molecule has 0 unspecified atom stereocenters. The third-order valence-corrected chi connectivity index (χ3v) is 6.07. The van der Waals surface area contributed by atoms with Gasteiger partial charge < -0.3 is 19.1 Å². The Labute approximate surface area is 205 Å². The fourth-order valence-corrected chi connectivity index (χ4v) is 4.19. The summed E-state index contributed by atoms with van der Waals surface area (Å²) in [6.07, 6.45) is 0. The van der Waals surface area contributed by atoms with Crippen LogP contribution in [0.25, 0.3) is 0 Å². The molecule has 8 nitrogen and oxygen atoms in total. The number of methoxy groups -OCH3 is 3. The molecule has 1 saturated heterocycles. The van der Waals surface area contributed by atoms with E-state index < -0.39 is 6.04 Å². The summed E-state index contributed by atoms with van der Waals surface area (Å²) < 4.78 is 16.1. The Morgan fingerprint density at radius 3 is 2.00 bits per heavy atom. The van der Waals surface area contributed by atoms with Gasteiger partial charge in [0.2, 0.25) is 5.91 Å². The molecule has 0 aromatic heterocycles. The molecule has 0 spiro atoms. The van der Waals surface area contributed by atoms with Crippen LogP contribution in [0, 0.1) is 0 Å². The maximum absolute atomic E-state index is 14.1. The second-order valence-electron chi connectivity index (χ2n) is 8.31. The molecule has 4 rings (SSSR count). The van der Waals surface area contributed by atoms with Gasteiger partial charge in [-0.1, -0.05) is 12.1 Å². The first-order valence-corrected chi connectivity index (χ1v) is 11.1. The normalized spacial score (nSPS) is 15.7. The van der Waals surface area contributed by atoms with Gasteiger partial charge in [-0.15, -0.1) is 0 Å². The number of rotatable bonds is 7. The van der Waals surface area contributed by atoms with E-state index in [4.69, 9.17) is 14.2 Å². The first-order valence-electron chi connectivity index (χ1n) is 11.1. The summed E-state index contributed by atoms with van der Waals surface area (Å²) in [5.74, 6) is 1.24. The van der Waals surface area contributed by atoms with Crippen LogP contribution in [-0.2, 0) is 9.59 Å². The van der Waals surface area contributed by atoms with Crippen molar-refractivity contribution in [2.24, 2.45) is 0 Å². The van der Waals surface area contributed by atoms with E-state index in [9.17, 15) is 9.59 Å². The van der Waals surface area contributed by atoms with E-state index in [1.54, 1.807) is 61.6 Å². The molecule has 35 heavy (non-hydrogen) atoms. The van der Waals surface area contributed by atoms with Crippen molar-refractivity contribution in [1.82, 2.24) is 0 Å². The SMILES string of the molecule is COc1ccc(N2C(=O)CN(c3cc(OC)ccc3OC)C(=O)[C@H]2c2ccc(N(C)C)cc2)cc1. The Balaban J connectivity index is 1.82. The Morgan fingerprint density at radius 2 is 1.43 bits per heavy atom. The van der Waals surface area contributed by atoms with Gasteiger partial charge in [-0.2, -0.15) is 0 Å². The van der Waals surface area contributed by atoms with Crippen LogP contribution in [0.5, 0.6) is 17.2 Å². The predicted octanol–water partition coefficient (Wildman–Crippen LogP) is 3.90. The van der Waals surface area contributed by atoms with Crippen molar-refractivity contribution in [2.45, 2.75) is 6.04 Å². The third-order valence-electron chi connectivity index (χ3n) is 6.07. The van der Waals surface area contributed by atoms with E-state index in [0.717, 1.165) is 5.69 Å². The maximum atomic E-state index is 14.1. The zero-order valence-corrected chi connectivity index (χ0v) is 20.5. The highest BCUT2D eigenvalue weighted by atomic mass is 16.5. The van der Waals surface area contributed by atoms with Crippen LogP contribution < -0.4 is 28.9 Å². The molecule has 0 saturated carbocycles. The first kappa shape index (κ1) is 23.9. The zero-order valence-electron chi connectivity index (χ0n) is 20.5. The molecule has 1 heterocycles. The quantitative estimate of drug-likeness (QED) is 0.516. The van der Waals surface area contributed by atoms with Crippen LogP contribution in [-0.4, -0.2) is 53.8 Å². The fraction of sp³-hybridized carbons (Fsp3) is 0.259. The summed E-state index contributed by atoms with van der Waals surface area (Å²) >= 11 is 0. The number of nitrogens with zero attached hydrogens (tertiary/aromatic N) is 3. The van der Waals surface area contributed by atoms with Crippen molar-refractivity contribution in [3.63, 3.8) is 0 Å². The molecule has 8 heteroatoms. The fourth-order valence-electron chi connectivity index (χ4n) is 4.19. The van der Waals surface area contributed by atoms with Gasteiger partial charge in [0.25, 0.3) is 5.91 Å². The molecule has 1 aliphatic heterocycles. The zero-order chi connectivity index (χ0) is 25.1. The smallest absolute Gasteiger partial charge is 0.255 e. The minimum atomic E-state index is -0.864. The summed E-state index contributed by atoms with van der Waals surface area (Å²) in [4.78, 5) is 32.7. The van der Waals surface area contributed by atoms with Crippen LogP contribution >= 0.6 is 0 Å². The first-order chi connectivity index (χ1) is 16.9. The number of carbonyl (C=O) groups excluding carboxylic acids is 2. The lowest BCUT2D eigenvalue weighted by Gasteiger charge is -2.41. The van der Waals surface area contributed by atoms with Gasteiger partial charge in [0.1, 0.15) is 29.8 Å². The van der Waals surface area contributed by atoms with Gasteiger partial charge in [0, 0.05) is 31.5 Å². The Kier molecular flexibility index (Phi) is 6.82. The minimum Gasteiger partial charge on any atom is -0.497 e. The maximum Gasteiger partial charge on any atom is 0.255 e. The highest BCUT2D eigenvalue weighted by Gasteiger charge is 2.42. The van der Waals surface area contributed by atoms with Crippen LogP contribution in [0.1, 0.15) is 11.6 Å². The lowest BCUT2D eigenvalue weighted by molar-refractivity contribution is -0.128. The Morgan fingerprint density at radius 1 is 0.800 bits per heavy atom. The third kappa shape index (κ3) is 4.59. The highest BCUT2D eigenvalue weighted by molar-refractivity contribution is 6.15. The molecule has 3 aromatic rings. The van der Waals surface area contributed by atoms with E-state index >= 15 is 0 Å². The van der Waals surface area contributed by atoms with Crippen molar-refractivity contribution in [1.29, 1.82) is 0 Å². The van der Waals surface area contributed by atoms with Crippen molar-refractivity contribution in [3.05, 3.63) is 72.3 Å². The Bertz CT molecular complexity index is 1210. The topological polar surface area (TPSA) is 71.5 Å². The van der Waals surface area contributed by atoms with Crippen molar-refractivity contribution >= 4 is 28.9 Å². The number of hydrogen-bond donors (Lipinski definition) is 0. The molecule has 3 aromatic carbocycles. The molecule has 1 aliphatic rings. The number of amides is 2. The van der Waals surface area contributed by atoms with Crippen LogP contribution in [0.4, 0.5) is 17.1 Å². The highest BCUT2D eigenvalue weighted by Crippen LogP contribution is 2.39. The number of ether oxygens (including phenoxy) is 3. The number of piperazine rings is 1. The van der Waals surface area contributed by atoms with Crippen LogP contribution in [0.15, 0.2) is 66.7 Å². The Hall–Kier alpha value is -4.20. The molecule has 0 bridgehead atoms.